The van der Waals surface area contributed by atoms with Crippen LogP contribution in [-0.2, 0) is 14.8 Å². The normalized spacial score (nSPS) is 11.3. The standard InChI is InChI=1S/C18H20ClNO4S/c1-13-8-10-15(11-9-13)25(23,24)20(12-4-7-18(21)22)17-6-3-5-16(19)14(17)2/h3,5-6,8-11H,4,7,12H2,1-2H3,(H,21,22). The fourth-order valence-corrected chi connectivity index (χ4v) is 4.18. The first-order chi connectivity index (χ1) is 11.7. The number of nitrogens with zero attached hydrogens (tertiary/aromatic N) is 1. The molecule has 0 spiro atoms. The summed E-state index contributed by atoms with van der Waals surface area (Å²) in [5.41, 5.74) is 2.05. The molecule has 0 amide bonds. The molecule has 7 heteroatoms. The van der Waals surface area contributed by atoms with Crippen LogP contribution in [-0.4, -0.2) is 26.0 Å². The lowest BCUT2D eigenvalue weighted by atomic mass is 10.2. The Morgan fingerprint density at radius 3 is 2.36 bits per heavy atom. The molecule has 0 aliphatic heterocycles. The van der Waals surface area contributed by atoms with Gasteiger partial charge in [0.05, 0.1) is 10.6 Å². The molecule has 2 aromatic carbocycles. The first kappa shape index (κ1) is 19.3. The van der Waals surface area contributed by atoms with Gasteiger partial charge in [-0.1, -0.05) is 35.4 Å². The predicted molar refractivity (Wildman–Crippen MR) is 98.8 cm³/mol. The molecule has 1 N–H and O–H groups in total. The van der Waals surface area contributed by atoms with Gasteiger partial charge in [0, 0.05) is 18.0 Å². The van der Waals surface area contributed by atoms with Gasteiger partial charge in [0.15, 0.2) is 0 Å². The largest absolute Gasteiger partial charge is 0.481 e. The van der Waals surface area contributed by atoms with Crippen LogP contribution in [0, 0.1) is 13.8 Å². The number of hydrogen-bond acceptors (Lipinski definition) is 3. The Bertz CT molecular complexity index is 863. The Hall–Kier alpha value is -2.05. The minimum Gasteiger partial charge on any atom is -0.481 e. The quantitative estimate of drug-likeness (QED) is 0.786. The van der Waals surface area contributed by atoms with Crippen LogP contribution in [0.5, 0.6) is 0 Å². The van der Waals surface area contributed by atoms with Gasteiger partial charge in [-0.25, -0.2) is 8.42 Å². The van der Waals surface area contributed by atoms with E-state index in [1.165, 1.54) is 4.31 Å². The fourth-order valence-electron chi connectivity index (χ4n) is 2.45. The molecule has 2 rings (SSSR count). The van der Waals surface area contributed by atoms with Crippen LogP contribution in [0.4, 0.5) is 5.69 Å². The fraction of sp³-hybridized carbons (Fsp3) is 0.278. The van der Waals surface area contributed by atoms with Crippen molar-refractivity contribution in [3.05, 3.63) is 58.6 Å². The highest BCUT2D eigenvalue weighted by molar-refractivity contribution is 7.92. The summed E-state index contributed by atoms with van der Waals surface area (Å²) in [7, 11) is -3.83. The van der Waals surface area contributed by atoms with Crippen LogP contribution in [0.15, 0.2) is 47.4 Å². The van der Waals surface area contributed by atoms with Crippen LogP contribution in [0.1, 0.15) is 24.0 Å². The Kier molecular flexibility index (Phi) is 6.08. The molecule has 5 nitrogen and oxygen atoms in total. The number of halogens is 1. The summed E-state index contributed by atoms with van der Waals surface area (Å²) in [6.45, 7) is 3.68. The summed E-state index contributed by atoms with van der Waals surface area (Å²) in [5, 5.41) is 9.32. The highest BCUT2D eigenvalue weighted by Crippen LogP contribution is 2.31. The second-order valence-corrected chi connectivity index (χ2v) is 8.04. The average Bonchev–Trinajstić information content (AvgIpc) is 2.55. The highest BCUT2D eigenvalue weighted by atomic mass is 35.5. The van der Waals surface area contributed by atoms with E-state index in [4.69, 9.17) is 16.7 Å². The van der Waals surface area contributed by atoms with Gasteiger partial charge in [0.25, 0.3) is 10.0 Å². The van der Waals surface area contributed by atoms with Crippen LogP contribution in [0.25, 0.3) is 0 Å². The Morgan fingerprint density at radius 1 is 1.12 bits per heavy atom. The van der Waals surface area contributed by atoms with Crippen molar-refractivity contribution in [1.82, 2.24) is 0 Å². The van der Waals surface area contributed by atoms with Gasteiger partial charge in [-0.2, -0.15) is 0 Å². The smallest absolute Gasteiger partial charge is 0.303 e. The van der Waals surface area contributed by atoms with Crippen molar-refractivity contribution in [3.8, 4) is 0 Å². The number of sulfonamides is 1. The number of aliphatic carboxylic acids is 1. The van der Waals surface area contributed by atoms with Crippen LogP contribution >= 0.6 is 11.6 Å². The molecule has 0 atom stereocenters. The number of anilines is 1. The van der Waals surface area contributed by atoms with E-state index < -0.39 is 16.0 Å². The van der Waals surface area contributed by atoms with Gasteiger partial charge < -0.3 is 5.11 Å². The van der Waals surface area contributed by atoms with E-state index in [9.17, 15) is 13.2 Å². The molecule has 0 saturated carbocycles. The summed E-state index contributed by atoms with van der Waals surface area (Å²) in [6.07, 6.45) is 0.0892. The number of carboxylic acid groups (broad SMARTS) is 1. The minimum absolute atomic E-state index is 0.0592. The summed E-state index contributed by atoms with van der Waals surface area (Å²) in [6, 6.07) is 11.6. The SMILES string of the molecule is Cc1ccc(S(=O)(=O)N(CCCC(=O)O)c2cccc(Cl)c2C)cc1. The Balaban J connectivity index is 2.48. The van der Waals surface area contributed by atoms with Crippen molar-refractivity contribution in [1.29, 1.82) is 0 Å². The average molecular weight is 382 g/mol. The number of carbonyl (C=O) groups is 1. The van der Waals surface area contributed by atoms with Crippen molar-refractivity contribution in [2.45, 2.75) is 31.6 Å². The maximum atomic E-state index is 13.1. The minimum atomic E-state index is -3.83. The summed E-state index contributed by atoms with van der Waals surface area (Å²) in [5.74, 6) is -0.963. The molecule has 0 heterocycles. The van der Waals surface area contributed by atoms with Crippen LogP contribution in [0.3, 0.4) is 0 Å². The first-order valence-electron chi connectivity index (χ1n) is 7.80. The molecule has 0 aliphatic carbocycles. The topological polar surface area (TPSA) is 74.7 Å². The van der Waals surface area contributed by atoms with Crippen molar-refractivity contribution in [2.75, 3.05) is 10.8 Å². The molecule has 134 valence electrons. The molecule has 0 aromatic heterocycles. The molecule has 0 fully saturated rings. The lowest BCUT2D eigenvalue weighted by Crippen LogP contribution is -2.33. The maximum Gasteiger partial charge on any atom is 0.303 e. The van der Waals surface area contributed by atoms with E-state index in [0.717, 1.165) is 5.56 Å². The molecular formula is C18H20ClNO4S. The molecule has 25 heavy (non-hydrogen) atoms. The first-order valence-corrected chi connectivity index (χ1v) is 9.61. The van der Waals surface area contributed by atoms with Crippen molar-refractivity contribution in [3.63, 3.8) is 0 Å². The molecule has 0 radical (unpaired) electrons. The zero-order chi connectivity index (χ0) is 18.6. The Morgan fingerprint density at radius 2 is 1.76 bits per heavy atom. The maximum absolute atomic E-state index is 13.1. The summed E-state index contributed by atoms with van der Waals surface area (Å²) >= 11 is 6.14. The lowest BCUT2D eigenvalue weighted by molar-refractivity contribution is -0.137. The second-order valence-electron chi connectivity index (χ2n) is 5.77. The third-order valence-electron chi connectivity index (χ3n) is 3.87. The van der Waals surface area contributed by atoms with E-state index in [0.29, 0.717) is 16.3 Å². The highest BCUT2D eigenvalue weighted by Gasteiger charge is 2.26. The van der Waals surface area contributed by atoms with Crippen molar-refractivity contribution in [2.24, 2.45) is 0 Å². The zero-order valence-electron chi connectivity index (χ0n) is 14.1. The molecule has 0 unspecified atom stereocenters. The number of aryl methyl sites for hydroxylation is 1. The van der Waals surface area contributed by atoms with E-state index in [1.807, 2.05) is 6.92 Å². The third kappa shape index (κ3) is 4.52. The number of benzene rings is 2. The van der Waals surface area contributed by atoms with E-state index in [2.05, 4.69) is 0 Å². The zero-order valence-corrected chi connectivity index (χ0v) is 15.6. The van der Waals surface area contributed by atoms with Crippen LogP contribution in [0.2, 0.25) is 5.02 Å². The van der Waals surface area contributed by atoms with Crippen LogP contribution < -0.4 is 4.31 Å². The predicted octanol–water partition coefficient (Wildman–Crippen LogP) is 4.02. The number of hydrogen-bond donors (Lipinski definition) is 1. The van der Waals surface area contributed by atoms with Crippen molar-refractivity contribution >= 4 is 33.3 Å². The van der Waals surface area contributed by atoms with Gasteiger partial charge >= 0.3 is 5.97 Å². The molecule has 0 bridgehead atoms. The van der Waals surface area contributed by atoms with Gasteiger partial charge in [0.1, 0.15) is 0 Å². The molecule has 2 aromatic rings. The summed E-state index contributed by atoms with van der Waals surface area (Å²) < 4.78 is 27.5. The van der Waals surface area contributed by atoms with Gasteiger partial charge in [-0.15, -0.1) is 0 Å². The Labute approximate surface area is 152 Å². The van der Waals surface area contributed by atoms with Gasteiger partial charge in [0.2, 0.25) is 0 Å². The molecule has 0 aliphatic rings. The number of carboxylic acids is 1. The van der Waals surface area contributed by atoms with Crippen molar-refractivity contribution < 1.29 is 18.3 Å². The lowest BCUT2D eigenvalue weighted by Gasteiger charge is -2.26. The molecular weight excluding hydrogens is 362 g/mol. The molecule has 0 saturated heterocycles. The summed E-state index contributed by atoms with van der Waals surface area (Å²) in [4.78, 5) is 11.0. The van der Waals surface area contributed by atoms with Gasteiger partial charge in [-0.05, 0) is 50.1 Å². The number of rotatable bonds is 7. The van der Waals surface area contributed by atoms with Gasteiger partial charge in [-0.3, -0.25) is 9.10 Å². The van der Waals surface area contributed by atoms with E-state index >= 15 is 0 Å². The monoisotopic (exact) mass is 381 g/mol. The second kappa shape index (κ2) is 7.89. The van der Waals surface area contributed by atoms with E-state index in [1.54, 1.807) is 49.4 Å². The van der Waals surface area contributed by atoms with E-state index in [-0.39, 0.29) is 24.3 Å². The third-order valence-corrected chi connectivity index (χ3v) is 6.11.